The summed E-state index contributed by atoms with van der Waals surface area (Å²) in [6, 6.07) is 0. The maximum atomic E-state index is 11.0. The third-order valence-corrected chi connectivity index (χ3v) is 2.22. The molecule has 11 heavy (non-hydrogen) atoms. The zero-order valence-electron chi connectivity index (χ0n) is 5.93. The van der Waals surface area contributed by atoms with Crippen molar-refractivity contribution in [1.82, 2.24) is 9.97 Å². The van der Waals surface area contributed by atoms with Gasteiger partial charge in [0, 0.05) is 6.20 Å². The smallest absolute Gasteiger partial charge is 0.265 e. The number of aromatic nitrogens is 2. The second-order valence-electron chi connectivity index (χ2n) is 1.94. The summed E-state index contributed by atoms with van der Waals surface area (Å²) in [5.41, 5.74) is -0.121. The minimum Gasteiger partial charge on any atom is -0.309 e. The van der Waals surface area contributed by atoms with Crippen LogP contribution in [0, 0.1) is 0 Å². The lowest BCUT2D eigenvalue weighted by Gasteiger charge is -1.95. The number of nitrogens with one attached hydrogen (secondary N) is 1. The maximum Gasteiger partial charge on any atom is 0.265 e. The first kappa shape index (κ1) is 8.80. The highest BCUT2D eigenvalue weighted by molar-refractivity contribution is 9.10. The van der Waals surface area contributed by atoms with Crippen LogP contribution in [0.3, 0.4) is 0 Å². The molecule has 0 saturated heterocycles. The van der Waals surface area contributed by atoms with Crippen LogP contribution in [0.4, 0.5) is 0 Å². The van der Waals surface area contributed by atoms with Crippen molar-refractivity contribution in [3.8, 4) is 0 Å². The first-order valence-corrected chi connectivity index (χ1v) is 5.15. The third-order valence-electron chi connectivity index (χ3n) is 1.09. The number of thioether (sulfide) groups is 1. The van der Waals surface area contributed by atoms with Gasteiger partial charge in [-0.2, -0.15) is 11.8 Å². The van der Waals surface area contributed by atoms with Crippen LogP contribution in [-0.2, 0) is 5.75 Å². The van der Waals surface area contributed by atoms with Crippen molar-refractivity contribution in [2.45, 2.75) is 5.75 Å². The minimum absolute atomic E-state index is 0.121. The molecule has 0 bridgehead atoms. The molecule has 0 fully saturated rings. The summed E-state index contributed by atoms with van der Waals surface area (Å²) in [6.07, 6.45) is 3.48. The van der Waals surface area contributed by atoms with E-state index in [1.165, 1.54) is 6.20 Å². The summed E-state index contributed by atoms with van der Waals surface area (Å²) in [5, 5.41) is 0. The Kier molecular flexibility index (Phi) is 3.14. The van der Waals surface area contributed by atoms with E-state index >= 15 is 0 Å². The van der Waals surface area contributed by atoms with Gasteiger partial charge in [0.05, 0.1) is 5.75 Å². The fraction of sp³-hybridized carbons (Fsp3) is 0.333. The Labute approximate surface area is 76.8 Å². The van der Waals surface area contributed by atoms with Crippen LogP contribution in [0.25, 0.3) is 0 Å². The van der Waals surface area contributed by atoms with Crippen LogP contribution >= 0.6 is 27.7 Å². The van der Waals surface area contributed by atoms with Crippen LogP contribution in [0.1, 0.15) is 5.82 Å². The van der Waals surface area contributed by atoms with Gasteiger partial charge in [0.15, 0.2) is 0 Å². The highest BCUT2D eigenvalue weighted by atomic mass is 79.9. The van der Waals surface area contributed by atoms with Crippen molar-refractivity contribution < 1.29 is 0 Å². The molecule has 3 nitrogen and oxygen atoms in total. The van der Waals surface area contributed by atoms with Gasteiger partial charge in [0.25, 0.3) is 5.56 Å². The monoisotopic (exact) mass is 234 g/mol. The lowest BCUT2D eigenvalue weighted by Crippen LogP contribution is -2.10. The first-order chi connectivity index (χ1) is 5.24. The summed E-state index contributed by atoms with van der Waals surface area (Å²) in [5.74, 6) is 1.45. The molecule has 0 aliphatic rings. The number of nitrogens with zero attached hydrogens (tertiary/aromatic N) is 1. The van der Waals surface area contributed by atoms with Crippen LogP contribution in [0.15, 0.2) is 15.5 Å². The normalized spacial score (nSPS) is 10.0. The molecule has 60 valence electrons. The predicted molar refractivity (Wildman–Crippen MR) is 49.8 cm³/mol. The topological polar surface area (TPSA) is 45.8 Å². The molecule has 1 aromatic heterocycles. The zero-order valence-corrected chi connectivity index (χ0v) is 8.33. The molecule has 1 aromatic rings. The summed E-state index contributed by atoms with van der Waals surface area (Å²) < 4.78 is 0.474. The predicted octanol–water partition coefficient (Wildman–Crippen LogP) is 1.40. The second kappa shape index (κ2) is 3.92. The van der Waals surface area contributed by atoms with Gasteiger partial charge in [-0.1, -0.05) is 0 Å². The Bertz CT molecular complexity index is 299. The maximum absolute atomic E-state index is 11.0. The summed E-state index contributed by atoms with van der Waals surface area (Å²) >= 11 is 4.69. The summed E-state index contributed by atoms with van der Waals surface area (Å²) in [6.45, 7) is 0. The lowest BCUT2D eigenvalue weighted by atomic mass is 10.6. The van der Waals surface area contributed by atoms with Gasteiger partial charge in [0.1, 0.15) is 10.3 Å². The lowest BCUT2D eigenvalue weighted by molar-refractivity contribution is 0.992. The molecule has 5 heteroatoms. The molecule has 1 N–H and O–H groups in total. The van der Waals surface area contributed by atoms with Crippen molar-refractivity contribution in [1.29, 1.82) is 0 Å². The van der Waals surface area contributed by atoms with E-state index < -0.39 is 0 Å². The number of halogens is 1. The number of hydrogen-bond donors (Lipinski definition) is 1. The molecule has 0 aromatic carbocycles. The van der Waals surface area contributed by atoms with Gasteiger partial charge in [-0.25, -0.2) is 4.98 Å². The molecule has 0 atom stereocenters. The Morgan fingerprint density at radius 2 is 2.55 bits per heavy atom. The van der Waals surface area contributed by atoms with E-state index in [0.717, 1.165) is 5.75 Å². The van der Waals surface area contributed by atoms with Crippen molar-refractivity contribution in [2.75, 3.05) is 6.26 Å². The summed E-state index contributed by atoms with van der Waals surface area (Å²) in [4.78, 5) is 17.6. The van der Waals surface area contributed by atoms with E-state index in [4.69, 9.17) is 0 Å². The van der Waals surface area contributed by atoms with Crippen molar-refractivity contribution in [3.63, 3.8) is 0 Å². The Morgan fingerprint density at radius 3 is 3.09 bits per heavy atom. The average Bonchev–Trinajstić information content (AvgIpc) is 1.98. The molecule has 0 radical (unpaired) electrons. The molecule has 1 heterocycles. The zero-order chi connectivity index (χ0) is 8.27. The first-order valence-electron chi connectivity index (χ1n) is 2.96. The molecule has 0 unspecified atom stereocenters. The van der Waals surface area contributed by atoms with E-state index in [2.05, 4.69) is 25.9 Å². The van der Waals surface area contributed by atoms with E-state index in [-0.39, 0.29) is 5.56 Å². The van der Waals surface area contributed by atoms with E-state index in [1.54, 1.807) is 11.8 Å². The third kappa shape index (κ3) is 2.34. The fourth-order valence-electron chi connectivity index (χ4n) is 0.626. The standard InChI is InChI=1S/C6H7BrN2OS/c1-11-3-5-8-2-4(7)6(10)9-5/h2H,3H2,1H3,(H,8,9,10). The Morgan fingerprint density at radius 1 is 1.82 bits per heavy atom. The number of rotatable bonds is 2. The van der Waals surface area contributed by atoms with Crippen LogP contribution in [-0.4, -0.2) is 16.2 Å². The largest absolute Gasteiger partial charge is 0.309 e. The van der Waals surface area contributed by atoms with Gasteiger partial charge >= 0.3 is 0 Å². The van der Waals surface area contributed by atoms with E-state index in [0.29, 0.717) is 10.3 Å². The van der Waals surface area contributed by atoms with Crippen molar-refractivity contribution in [2.24, 2.45) is 0 Å². The molecule has 0 saturated carbocycles. The molecule has 0 aliphatic carbocycles. The molecular weight excluding hydrogens is 228 g/mol. The Hall–Kier alpha value is -0.290. The molecule has 0 spiro atoms. The fourth-order valence-corrected chi connectivity index (χ4v) is 1.25. The quantitative estimate of drug-likeness (QED) is 0.842. The molecule has 0 aliphatic heterocycles. The van der Waals surface area contributed by atoms with Crippen LogP contribution in [0.2, 0.25) is 0 Å². The molecular formula is C6H7BrN2OS. The molecule has 0 amide bonds. The number of H-pyrrole nitrogens is 1. The average molecular weight is 235 g/mol. The van der Waals surface area contributed by atoms with E-state index in [9.17, 15) is 4.79 Å². The Balaban J connectivity index is 2.96. The highest BCUT2D eigenvalue weighted by Gasteiger charge is 1.97. The van der Waals surface area contributed by atoms with E-state index in [1.807, 2.05) is 6.26 Å². The van der Waals surface area contributed by atoms with Gasteiger partial charge in [-0.15, -0.1) is 0 Å². The second-order valence-corrected chi connectivity index (χ2v) is 3.66. The van der Waals surface area contributed by atoms with Crippen molar-refractivity contribution >= 4 is 27.7 Å². The van der Waals surface area contributed by atoms with Gasteiger partial charge in [-0.05, 0) is 22.2 Å². The number of aromatic amines is 1. The van der Waals surface area contributed by atoms with Crippen molar-refractivity contribution in [3.05, 3.63) is 26.8 Å². The minimum atomic E-state index is -0.121. The van der Waals surface area contributed by atoms with Gasteiger partial charge < -0.3 is 4.98 Å². The SMILES string of the molecule is CSCc1ncc(Br)c(=O)[nH]1. The van der Waals surface area contributed by atoms with Crippen LogP contribution < -0.4 is 5.56 Å². The van der Waals surface area contributed by atoms with Gasteiger partial charge in [-0.3, -0.25) is 4.79 Å². The highest BCUT2D eigenvalue weighted by Crippen LogP contribution is 2.03. The van der Waals surface area contributed by atoms with Gasteiger partial charge in [0.2, 0.25) is 0 Å². The summed E-state index contributed by atoms with van der Waals surface area (Å²) in [7, 11) is 0. The number of hydrogen-bond acceptors (Lipinski definition) is 3. The van der Waals surface area contributed by atoms with Crippen LogP contribution in [0.5, 0.6) is 0 Å². The molecule has 1 rings (SSSR count).